The zero-order valence-electron chi connectivity index (χ0n) is 13.4. The summed E-state index contributed by atoms with van der Waals surface area (Å²) in [7, 11) is 0. The topological polar surface area (TPSA) is 58.0 Å². The van der Waals surface area contributed by atoms with Crippen LogP contribution >= 0.6 is 11.8 Å². The fraction of sp³-hybridized carbons (Fsp3) is 0.158. The maximum atomic E-state index is 10.2. The van der Waals surface area contributed by atoms with Gasteiger partial charge in [-0.3, -0.25) is 0 Å². The van der Waals surface area contributed by atoms with Gasteiger partial charge in [-0.1, -0.05) is 42.5 Å². The Labute approximate surface area is 146 Å². The van der Waals surface area contributed by atoms with Gasteiger partial charge in [-0.25, -0.2) is 9.97 Å². The molecule has 0 aliphatic heterocycles. The van der Waals surface area contributed by atoms with E-state index in [1.54, 1.807) is 18.1 Å². The minimum atomic E-state index is -0.579. The van der Waals surface area contributed by atoms with E-state index in [9.17, 15) is 5.11 Å². The van der Waals surface area contributed by atoms with Crippen molar-refractivity contribution in [3.8, 4) is 11.3 Å². The molecule has 0 bridgehead atoms. The van der Waals surface area contributed by atoms with E-state index in [4.69, 9.17) is 0 Å². The number of thioether (sulfide) groups is 1. The van der Waals surface area contributed by atoms with Crippen molar-refractivity contribution in [3.63, 3.8) is 0 Å². The van der Waals surface area contributed by atoms with Crippen LogP contribution in [0.1, 0.15) is 11.7 Å². The van der Waals surface area contributed by atoms with Crippen LogP contribution in [0, 0.1) is 0 Å². The van der Waals surface area contributed by atoms with E-state index in [1.165, 1.54) is 4.90 Å². The van der Waals surface area contributed by atoms with E-state index in [0.717, 1.165) is 16.8 Å². The van der Waals surface area contributed by atoms with Crippen LogP contribution in [0.15, 0.2) is 71.9 Å². The van der Waals surface area contributed by atoms with Gasteiger partial charge < -0.3 is 10.4 Å². The number of benzene rings is 2. The maximum absolute atomic E-state index is 10.2. The molecule has 0 radical (unpaired) electrons. The summed E-state index contributed by atoms with van der Waals surface area (Å²) in [6.45, 7) is 0.394. The first-order chi connectivity index (χ1) is 11.8. The van der Waals surface area contributed by atoms with Gasteiger partial charge in [0, 0.05) is 23.1 Å². The molecule has 0 unspecified atom stereocenters. The number of hydrogen-bond donors (Lipinski definition) is 2. The Morgan fingerprint density at radius 3 is 2.67 bits per heavy atom. The lowest BCUT2D eigenvalue weighted by atomic mass is 10.1. The van der Waals surface area contributed by atoms with Crippen molar-refractivity contribution < 1.29 is 5.11 Å². The fourth-order valence-corrected chi connectivity index (χ4v) is 2.85. The Morgan fingerprint density at radius 2 is 1.88 bits per heavy atom. The normalized spacial score (nSPS) is 11.9. The van der Waals surface area contributed by atoms with Gasteiger partial charge >= 0.3 is 0 Å². The van der Waals surface area contributed by atoms with Gasteiger partial charge in [0.25, 0.3) is 0 Å². The molecule has 3 rings (SSSR count). The number of nitrogens with one attached hydrogen (secondary N) is 1. The first kappa shape index (κ1) is 16.5. The Morgan fingerprint density at radius 1 is 1.04 bits per heavy atom. The van der Waals surface area contributed by atoms with E-state index < -0.39 is 6.10 Å². The minimum Gasteiger partial charge on any atom is -0.387 e. The second-order valence-electron chi connectivity index (χ2n) is 5.33. The maximum Gasteiger partial charge on any atom is 0.130 e. The molecule has 0 aliphatic rings. The number of aliphatic hydroxyl groups is 1. The van der Waals surface area contributed by atoms with Crippen molar-refractivity contribution in [3.05, 3.63) is 72.6 Å². The Hall–Kier alpha value is -2.37. The van der Waals surface area contributed by atoms with Crippen LogP contribution < -0.4 is 5.32 Å². The van der Waals surface area contributed by atoms with Crippen molar-refractivity contribution in [1.82, 2.24) is 9.97 Å². The van der Waals surface area contributed by atoms with E-state index in [0.29, 0.717) is 12.4 Å². The molecule has 0 saturated heterocycles. The van der Waals surface area contributed by atoms with E-state index in [-0.39, 0.29) is 0 Å². The second kappa shape index (κ2) is 7.95. The van der Waals surface area contributed by atoms with Gasteiger partial charge in [0.1, 0.15) is 12.1 Å². The standard InChI is InChI=1S/C19H19N3OS/c1-24-16-9-5-8-15(10-16)17-11-19(22-13-21-17)20-12-18(23)14-6-3-2-4-7-14/h2-11,13,18,23H,12H2,1H3,(H,20,21,22)/t18-/m0/s1. The lowest BCUT2D eigenvalue weighted by molar-refractivity contribution is 0.191. The minimum absolute atomic E-state index is 0.394. The summed E-state index contributed by atoms with van der Waals surface area (Å²) >= 11 is 1.70. The molecule has 2 aromatic carbocycles. The molecular formula is C19H19N3OS. The van der Waals surface area contributed by atoms with Crippen LogP contribution in [-0.4, -0.2) is 27.9 Å². The number of aromatic nitrogens is 2. The Bertz CT molecular complexity index is 795. The van der Waals surface area contributed by atoms with Crippen LogP contribution in [0.5, 0.6) is 0 Å². The molecule has 24 heavy (non-hydrogen) atoms. The summed E-state index contributed by atoms with van der Waals surface area (Å²) in [4.78, 5) is 9.78. The molecule has 0 saturated carbocycles. The van der Waals surface area contributed by atoms with Gasteiger partial charge in [0.05, 0.1) is 11.8 Å². The summed E-state index contributed by atoms with van der Waals surface area (Å²) in [5.41, 5.74) is 2.79. The van der Waals surface area contributed by atoms with Crippen LogP contribution in [0.4, 0.5) is 5.82 Å². The molecule has 122 valence electrons. The zero-order valence-corrected chi connectivity index (χ0v) is 14.2. The third-order valence-corrected chi connectivity index (χ3v) is 4.42. The predicted octanol–water partition coefficient (Wildman–Crippen LogP) is 4.01. The summed E-state index contributed by atoms with van der Waals surface area (Å²) in [5, 5.41) is 13.4. The molecule has 1 aromatic heterocycles. The quantitative estimate of drug-likeness (QED) is 0.666. The molecular weight excluding hydrogens is 318 g/mol. The second-order valence-corrected chi connectivity index (χ2v) is 6.21. The molecule has 0 amide bonds. The van der Waals surface area contributed by atoms with Crippen molar-refractivity contribution in [2.45, 2.75) is 11.0 Å². The first-order valence-corrected chi connectivity index (χ1v) is 8.92. The van der Waals surface area contributed by atoms with E-state index in [2.05, 4.69) is 33.7 Å². The summed E-state index contributed by atoms with van der Waals surface area (Å²) in [5.74, 6) is 0.699. The van der Waals surface area contributed by atoms with Crippen molar-refractivity contribution in [1.29, 1.82) is 0 Å². The molecule has 1 heterocycles. The van der Waals surface area contributed by atoms with Gasteiger partial charge in [0.2, 0.25) is 0 Å². The van der Waals surface area contributed by atoms with Crippen molar-refractivity contribution >= 4 is 17.6 Å². The molecule has 2 N–H and O–H groups in total. The lowest BCUT2D eigenvalue weighted by Gasteiger charge is -2.13. The van der Waals surface area contributed by atoms with Gasteiger partial charge in [-0.15, -0.1) is 11.8 Å². The lowest BCUT2D eigenvalue weighted by Crippen LogP contribution is -2.13. The SMILES string of the molecule is CSc1cccc(-c2cc(NC[C@H](O)c3ccccc3)ncn2)c1. The molecule has 4 nitrogen and oxygen atoms in total. The summed E-state index contributed by atoms with van der Waals surface area (Å²) in [6, 6.07) is 19.7. The van der Waals surface area contributed by atoms with Crippen LogP contribution in [0.3, 0.4) is 0 Å². The molecule has 0 aliphatic carbocycles. The van der Waals surface area contributed by atoms with Gasteiger partial charge in [0.15, 0.2) is 0 Å². The predicted molar refractivity (Wildman–Crippen MR) is 99.1 cm³/mol. The molecule has 3 aromatic rings. The van der Waals surface area contributed by atoms with Crippen LogP contribution in [0.25, 0.3) is 11.3 Å². The molecule has 0 fully saturated rings. The monoisotopic (exact) mass is 337 g/mol. The highest BCUT2D eigenvalue weighted by Crippen LogP contribution is 2.24. The van der Waals surface area contributed by atoms with Crippen molar-refractivity contribution in [2.24, 2.45) is 0 Å². The average molecular weight is 337 g/mol. The third kappa shape index (κ3) is 4.13. The highest BCUT2D eigenvalue weighted by atomic mass is 32.2. The van der Waals surface area contributed by atoms with Gasteiger partial charge in [-0.05, 0) is 24.0 Å². The first-order valence-electron chi connectivity index (χ1n) is 7.69. The largest absolute Gasteiger partial charge is 0.387 e. The fourth-order valence-electron chi connectivity index (χ4n) is 2.39. The smallest absolute Gasteiger partial charge is 0.130 e. The third-order valence-electron chi connectivity index (χ3n) is 3.69. The summed E-state index contributed by atoms with van der Waals surface area (Å²) < 4.78 is 0. The molecule has 5 heteroatoms. The van der Waals surface area contributed by atoms with E-state index in [1.807, 2.05) is 48.5 Å². The number of nitrogens with zero attached hydrogens (tertiary/aromatic N) is 2. The number of anilines is 1. The Kier molecular flexibility index (Phi) is 5.46. The number of rotatable bonds is 6. The highest BCUT2D eigenvalue weighted by molar-refractivity contribution is 7.98. The van der Waals surface area contributed by atoms with Gasteiger partial charge in [-0.2, -0.15) is 0 Å². The average Bonchev–Trinajstić information content (AvgIpc) is 2.67. The van der Waals surface area contributed by atoms with Crippen LogP contribution in [-0.2, 0) is 0 Å². The zero-order chi connectivity index (χ0) is 16.8. The Balaban J connectivity index is 1.71. The molecule has 0 spiro atoms. The van der Waals surface area contributed by atoms with Crippen molar-refractivity contribution in [2.75, 3.05) is 18.1 Å². The van der Waals surface area contributed by atoms with E-state index >= 15 is 0 Å². The number of hydrogen-bond acceptors (Lipinski definition) is 5. The number of aliphatic hydroxyl groups excluding tert-OH is 1. The molecule has 1 atom stereocenters. The summed E-state index contributed by atoms with van der Waals surface area (Å²) in [6.07, 6.45) is 3.01. The van der Waals surface area contributed by atoms with Crippen LogP contribution in [0.2, 0.25) is 0 Å². The highest BCUT2D eigenvalue weighted by Gasteiger charge is 2.08.